The molecule has 0 aliphatic heterocycles. The van der Waals surface area contributed by atoms with Crippen molar-refractivity contribution in [1.29, 1.82) is 0 Å². The molecule has 0 bridgehead atoms. The Hall–Kier alpha value is -1.69. The number of nitrogens with one attached hydrogen (secondary N) is 1. The minimum Gasteiger partial charge on any atom is -0.352 e. The molecule has 1 aromatic rings. The second-order valence-corrected chi connectivity index (χ2v) is 4.49. The predicted octanol–water partition coefficient (Wildman–Crippen LogP) is 2.48. The van der Waals surface area contributed by atoms with Crippen molar-refractivity contribution in [1.82, 2.24) is 5.32 Å². The maximum absolute atomic E-state index is 12.9. The molecule has 1 aromatic carbocycles. The molecule has 5 nitrogen and oxygen atoms in total. The topological polar surface area (TPSA) is 72.2 Å². The Morgan fingerprint density at radius 2 is 2.28 bits per heavy atom. The first-order chi connectivity index (χ1) is 8.41. The largest absolute Gasteiger partial charge is 0.352 e. The molecule has 1 amide bonds. The third-order valence-corrected chi connectivity index (χ3v) is 2.45. The quantitative estimate of drug-likeness (QED) is 0.509. The number of amides is 1. The minimum absolute atomic E-state index is 0.103. The maximum Gasteiger partial charge on any atom is 0.285 e. The number of alkyl halides is 1. The van der Waals surface area contributed by atoms with Crippen LogP contribution in [-0.2, 0) is 0 Å². The number of rotatable bonds is 5. The van der Waals surface area contributed by atoms with Gasteiger partial charge in [0.2, 0.25) is 0 Å². The Morgan fingerprint density at radius 3 is 2.83 bits per heavy atom. The van der Waals surface area contributed by atoms with Crippen LogP contribution in [0.5, 0.6) is 0 Å². The average Bonchev–Trinajstić information content (AvgIpc) is 2.28. The lowest BCUT2D eigenvalue weighted by Crippen LogP contribution is -2.26. The van der Waals surface area contributed by atoms with Crippen molar-refractivity contribution in [2.75, 3.05) is 6.54 Å². The van der Waals surface area contributed by atoms with E-state index in [0.29, 0.717) is 13.0 Å². The molecule has 0 heterocycles. The van der Waals surface area contributed by atoms with Crippen LogP contribution in [0.2, 0.25) is 0 Å². The van der Waals surface area contributed by atoms with Crippen LogP contribution in [0, 0.1) is 15.9 Å². The average molecular weight is 275 g/mol. The number of nitro groups is 1. The van der Waals surface area contributed by atoms with Gasteiger partial charge in [-0.15, -0.1) is 11.6 Å². The molecular formula is C11H12ClFN2O3. The highest BCUT2D eigenvalue weighted by atomic mass is 35.5. The van der Waals surface area contributed by atoms with Gasteiger partial charge in [0.1, 0.15) is 11.4 Å². The van der Waals surface area contributed by atoms with Crippen molar-refractivity contribution in [2.24, 2.45) is 0 Å². The SMILES string of the molecule is CC(Cl)CCNC(=O)c1ccc(F)cc1[N+](=O)[O-]. The van der Waals surface area contributed by atoms with Gasteiger partial charge in [-0.2, -0.15) is 0 Å². The minimum atomic E-state index is -0.790. The first kappa shape index (κ1) is 14.4. The fourth-order valence-electron chi connectivity index (χ4n) is 1.33. The van der Waals surface area contributed by atoms with Crippen LogP contribution in [0.3, 0.4) is 0 Å². The monoisotopic (exact) mass is 274 g/mol. The molecule has 98 valence electrons. The molecule has 0 fully saturated rings. The van der Waals surface area contributed by atoms with Gasteiger partial charge in [0.15, 0.2) is 0 Å². The van der Waals surface area contributed by atoms with Gasteiger partial charge in [0.25, 0.3) is 11.6 Å². The zero-order valence-corrected chi connectivity index (χ0v) is 10.4. The first-order valence-corrected chi connectivity index (χ1v) is 5.71. The lowest BCUT2D eigenvalue weighted by molar-refractivity contribution is -0.385. The number of nitro benzene ring substituents is 1. The fourth-order valence-corrected chi connectivity index (χ4v) is 1.44. The highest BCUT2D eigenvalue weighted by Crippen LogP contribution is 2.19. The van der Waals surface area contributed by atoms with E-state index < -0.39 is 22.3 Å². The molecular weight excluding hydrogens is 263 g/mol. The van der Waals surface area contributed by atoms with Gasteiger partial charge >= 0.3 is 0 Å². The normalized spacial score (nSPS) is 11.9. The summed E-state index contributed by atoms with van der Waals surface area (Å²) in [6.07, 6.45) is 0.544. The van der Waals surface area contributed by atoms with E-state index in [9.17, 15) is 19.3 Å². The fraction of sp³-hybridized carbons (Fsp3) is 0.364. The molecule has 1 N–H and O–H groups in total. The van der Waals surface area contributed by atoms with Crippen molar-refractivity contribution >= 4 is 23.2 Å². The number of carbonyl (C=O) groups excluding carboxylic acids is 1. The zero-order chi connectivity index (χ0) is 13.7. The summed E-state index contributed by atoms with van der Waals surface area (Å²) in [5, 5.41) is 13.1. The third-order valence-electron chi connectivity index (χ3n) is 2.23. The van der Waals surface area contributed by atoms with Crippen LogP contribution in [0.1, 0.15) is 23.7 Å². The van der Waals surface area contributed by atoms with Gasteiger partial charge in [-0.05, 0) is 25.5 Å². The van der Waals surface area contributed by atoms with E-state index in [2.05, 4.69) is 5.32 Å². The molecule has 1 atom stereocenters. The molecule has 7 heteroatoms. The number of hydrogen-bond acceptors (Lipinski definition) is 3. The van der Waals surface area contributed by atoms with Crippen molar-refractivity contribution in [3.05, 3.63) is 39.7 Å². The van der Waals surface area contributed by atoms with Crippen molar-refractivity contribution in [2.45, 2.75) is 18.7 Å². The van der Waals surface area contributed by atoms with Gasteiger partial charge in [-0.3, -0.25) is 14.9 Å². The summed E-state index contributed by atoms with van der Waals surface area (Å²) in [6.45, 7) is 2.08. The summed E-state index contributed by atoms with van der Waals surface area (Å²) >= 11 is 5.70. The lowest BCUT2D eigenvalue weighted by atomic mass is 10.1. The van der Waals surface area contributed by atoms with E-state index in [0.717, 1.165) is 18.2 Å². The smallest absolute Gasteiger partial charge is 0.285 e. The predicted molar refractivity (Wildman–Crippen MR) is 65.3 cm³/mol. The van der Waals surface area contributed by atoms with Gasteiger partial charge in [0, 0.05) is 11.9 Å². The molecule has 0 aliphatic carbocycles. The summed E-state index contributed by atoms with van der Waals surface area (Å²) in [6, 6.07) is 2.82. The Kier molecular flexibility index (Phi) is 5.03. The summed E-state index contributed by atoms with van der Waals surface area (Å²) in [7, 11) is 0. The summed E-state index contributed by atoms with van der Waals surface area (Å²) in [4.78, 5) is 21.6. The molecule has 0 saturated heterocycles. The van der Waals surface area contributed by atoms with Crippen molar-refractivity contribution in [3.63, 3.8) is 0 Å². The van der Waals surface area contributed by atoms with Crippen LogP contribution >= 0.6 is 11.6 Å². The molecule has 0 aromatic heterocycles. The van der Waals surface area contributed by atoms with Crippen molar-refractivity contribution < 1.29 is 14.1 Å². The number of carbonyl (C=O) groups is 1. The number of nitrogens with zero attached hydrogens (tertiary/aromatic N) is 1. The Balaban J connectivity index is 2.82. The molecule has 18 heavy (non-hydrogen) atoms. The first-order valence-electron chi connectivity index (χ1n) is 5.28. The van der Waals surface area contributed by atoms with E-state index >= 15 is 0 Å². The number of hydrogen-bond donors (Lipinski definition) is 1. The molecule has 0 spiro atoms. The Labute approximate surface area is 108 Å². The summed E-state index contributed by atoms with van der Waals surface area (Å²) in [5.41, 5.74) is -0.713. The highest BCUT2D eigenvalue weighted by molar-refractivity contribution is 6.20. The van der Waals surface area contributed by atoms with Crippen LogP contribution < -0.4 is 5.32 Å². The number of benzene rings is 1. The van der Waals surface area contributed by atoms with E-state index in [1.54, 1.807) is 6.92 Å². The number of halogens is 2. The third kappa shape index (κ3) is 3.96. The molecule has 0 aliphatic rings. The van der Waals surface area contributed by atoms with Crippen LogP contribution in [0.15, 0.2) is 18.2 Å². The summed E-state index contributed by atoms with van der Waals surface area (Å²) < 4.78 is 12.9. The molecule has 0 radical (unpaired) electrons. The standard InChI is InChI=1S/C11H12ClFN2O3/c1-7(12)4-5-14-11(16)9-3-2-8(13)6-10(9)15(17)18/h2-3,6-7H,4-5H2,1H3,(H,14,16). The van der Waals surface area contributed by atoms with Crippen molar-refractivity contribution in [3.8, 4) is 0 Å². The highest BCUT2D eigenvalue weighted by Gasteiger charge is 2.20. The Bertz CT molecular complexity index is 466. The van der Waals surface area contributed by atoms with Crippen LogP contribution in [0.4, 0.5) is 10.1 Å². The maximum atomic E-state index is 12.9. The zero-order valence-electron chi connectivity index (χ0n) is 9.65. The van der Waals surface area contributed by atoms with E-state index in [1.807, 2.05) is 0 Å². The second-order valence-electron chi connectivity index (χ2n) is 3.74. The lowest BCUT2D eigenvalue weighted by Gasteiger charge is -2.06. The van der Waals surface area contributed by atoms with Crippen LogP contribution in [-0.4, -0.2) is 22.8 Å². The van der Waals surface area contributed by atoms with E-state index in [1.165, 1.54) is 0 Å². The van der Waals surface area contributed by atoms with Crippen LogP contribution in [0.25, 0.3) is 0 Å². The van der Waals surface area contributed by atoms with Gasteiger partial charge in [0.05, 0.1) is 11.0 Å². The van der Waals surface area contributed by atoms with E-state index in [4.69, 9.17) is 11.6 Å². The second kappa shape index (κ2) is 6.30. The summed E-state index contributed by atoms with van der Waals surface area (Å²) in [5.74, 6) is -1.37. The van der Waals surface area contributed by atoms with E-state index in [-0.39, 0.29) is 10.9 Å². The molecule has 1 rings (SSSR count). The molecule has 0 saturated carbocycles. The van der Waals surface area contributed by atoms with Gasteiger partial charge < -0.3 is 5.32 Å². The van der Waals surface area contributed by atoms with Gasteiger partial charge in [-0.1, -0.05) is 0 Å². The molecule has 1 unspecified atom stereocenters. The Morgan fingerprint density at radius 1 is 1.61 bits per heavy atom. The van der Waals surface area contributed by atoms with Gasteiger partial charge in [-0.25, -0.2) is 4.39 Å².